The molecule has 8 nitrogen and oxygen atoms in total. The van der Waals surface area contributed by atoms with Gasteiger partial charge in [0.05, 0.1) is 12.8 Å². The van der Waals surface area contributed by atoms with Crippen LogP contribution >= 0.6 is 11.8 Å². The van der Waals surface area contributed by atoms with Crippen molar-refractivity contribution in [2.75, 3.05) is 24.4 Å². The van der Waals surface area contributed by atoms with E-state index < -0.39 is 0 Å². The number of aryl methyl sites for hydroxylation is 1. The maximum absolute atomic E-state index is 13.2. The molecule has 0 bridgehead atoms. The fraction of sp³-hybridized carbons (Fsp3) is 0.130. The Bertz CT molecular complexity index is 1360. The van der Waals surface area contributed by atoms with Crippen LogP contribution in [0.1, 0.15) is 21.5 Å². The number of ether oxygens (including phenoxy) is 1. The Morgan fingerprint density at radius 3 is 2.47 bits per heavy atom. The minimum absolute atomic E-state index is 0.131. The third kappa shape index (κ3) is 3.72. The van der Waals surface area contributed by atoms with Gasteiger partial charge in [0.25, 0.3) is 5.91 Å². The molecule has 3 N–H and O–H groups in total. The average molecular weight is 445 g/mol. The van der Waals surface area contributed by atoms with Gasteiger partial charge in [-0.15, -0.1) is 11.8 Å². The number of thioether (sulfide) groups is 1. The summed E-state index contributed by atoms with van der Waals surface area (Å²) in [6.45, 7) is 1.98. The lowest BCUT2D eigenvalue weighted by Crippen LogP contribution is -2.14. The van der Waals surface area contributed by atoms with Crippen LogP contribution < -0.4 is 15.8 Å². The first-order valence-corrected chi connectivity index (χ1v) is 10.9. The smallest absolute Gasteiger partial charge is 0.262 e. The third-order valence-corrected chi connectivity index (χ3v) is 5.65. The molecule has 160 valence electrons. The number of nitrogens with zero attached hydrogens (tertiary/aromatic N) is 4. The molecule has 0 radical (unpaired) electrons. The highest BCUT2D eigenvalue weighted by Gasteiger charge is 2.25. The number of carbonyl (C=O) groups excluding carboxylic acids is 1. The second-order valence-corrected chi connectivity index (χ2v) is 7.80. The van der Waals surface area contributed by atoms with Gasteiger partial charge in [0.2, 0.25) is 0 Å². The molecule has 1 amide bonds. The molecule has 9 heteroatoms. The van der Waals surface area contributed by atoms with E-state index in [1.54, 1.807) is 31.4 Å². The molecule has 32 heavy (non-hydrogen) atoms. The average Bonchev–Trinajstić information content (AvgIpc) is 3.19. The van der Waals surface area contributed by atoms with E-state index >= 15 is 0 Å². The monoisotopic (exact) mass is 444 g/mol. The van der Waals surface area contributed by atoms with E-state index in [1.807, 2.05) is 37.4 Å². The minimum atomic E-state index is -0.374. The molecule has 0 unspecified atom stereocenters. The number of anilines is 2. The molecule has 0 aliphatic heterocycles. The highest BCUT2D eigenvalue weighted by atomic mass is 32.2. The van der Waals surface area contributed by atoms with Crippen molar-refractivity contribution in [1.82, 2.24) is 14.6 Å². The number of nitrogens with two attached hydrogens (primary N) is 1. The van der Waals surface area contributed by atoms with Gasteiger partial charge in [-0.25, -0.2) is 4.98 Å². The first-order chi connectivity index (χ1) is 15.5. The maximum atomic E-state index is 13.2. The number of rotatable bonds is 5. The number of aromatic nitrogens is 3. The van der Waals surface area contributed by atoms with Crippen molar-refractivity contribution in [1.29, 1.82) is 5.26 Å². The Balaban J connectivity index is 1.87. The molecule has 4 rings (SSSR count). The molecule has 0 aliphatic rings. The molecule has 0 saturated heterocycles. The summed E-state index contributed by atoms with van der Waals surface area (Å²) < 4.78 is 6.51. The van der Waals surface area contributed by atoms with Crippen LogP contribution in [0.2, 0.25) is 0 Å². The lowest BCUT2D eigenvalue weighted by atomic mass is 10.1. The first-order valence-electron chi connectivity index (χ1n) is 9.65. The van der Waals surface area contributed by atoms with Crippen LogP contribution in [-0.4, -0.2) is 33.9 Å². The van der Waals surface area contributed by atoms with E-state index in [-0.39, 0.29) is 28.5 Å². The van der Waals surface area contributed by atoms with Gasteiger partial charge in [-0.05, 0) is 37.4 Å². The third-order valence-electron chi connectivity index (χ3n) is 4.97. The van der Waals surface area contributed by atoms with Crippen molar-refractivity contribution in [2.24, 2.45) is 0 Å². The molecule has 0 saturated carbocycles. The topological polar surface area (TPSA) is 118 Å². The van der Waals surface area contributed by atoms with Gasteiger partial charge >= 0.3 is 0 Å². The molecule has 0 fully saturated rings. The number of amides is 1. The largest absolute Gasteiger partial charge is 0.497 e. The lowest BCUT2D eigenvalue weighted by Gasteiger charge is -2.10. The number of hydrogen-bond acceptors (Lipinski definition) is 7. The number of nitriles is 1. The number of methoxy groups -OCH3 is 1. The van der Waals surface area contributed by atoms with Crippen LogP contribution in [0.5, 0.6) is 5.75 Å². The molecule has 4 aromatic rings. The molecule has 2 heterocycles. The number of carbonyl (C=O) groups is 1. The van der Waals surface area contributed by atoms with Crippen molar-refractivity contribution >= 4 is 34.8 Å². The zero-order valence-electron chi connectivity index (χ0n) is 17.7. The summed E-state index contributed by atoms with van der Waals surface area (Å²) in [5.41, 5.74) is 9.90. The first kappa shape index (κ1) is 21.2. The SMILES string of the molecule is COc1ccc(NC(=O)c2c(SC)nn3c(N)c(C#N)c(-c4ccc(C)cc4)nc23)cc1. The van der Waals surface area contributed by atoms with Gasteiger partial charge in [-0.2, -0.15) is 14.9 Å². The number of hydrogen-bond donors (Lipinski definition) is 2. The van der Waals surface area contributed by atoms with E-state index in [9.17, 15) is 10.1 Å². The van der Waals surface area contributed by atoms with Gasteiger partial charge < -0.3 is 15.8 Å². The predicted molar refractivity (Wildman–Crippen MR) is 125 cm³/mol. The van der Waals surface area contributed by atoms with Gasteiger partial charge in [-0.3, -0.25) is 4.79 Å². The highest BCUT2D eigenvalue weighted by Crippen LogP contribution is 2.31. The van der Waals surface area contributed by atoms with Crippen LogP contribution in [0.25, 0.3) is 16.9 Å². The van der Waals surface area contributed by atoms with Crippen LogP contribution in [-0.2, 0) is 0 Å². The number of fused-ring (bicyclic) bond motifs is 1. The van der Waals surface area contributed by atoms with Crippen molar-refractivity contribution in [2.45, 2.75) is 11.9 Å². The lowest BCUT2D eigenvalue weighted by molar-refractivity contribution is 0.102. The fourth-order valence-electron chi connectivity index (χ4n) is 3.29. The van der Waals surface area contributed by atoms with E-state index in [0.29, 0.717) is 22.2 Å². The molecule has 0 spiro atoms. The summed E-state index contributed by atoms with van der Waals surface area (Å²) in [5, 5.41) is 17.5. The van der Waals surface area contributed by atoms with Crippen molar-refractivity contribution in [3.8, 4) is 23.1 Å². The molecule has 0 atom stereocenters. The molecule has 2 aromatic heterocycles. The Hall–Kier alpha value is -4.03. The zero-order valence-corrected chi connectivity index (χ0v) is 18.5. The summed E-state index contributed by atoms with van der Waals surface area (Å²) in [7, 11) is 1.58. The van der Waals surface area contributed by atoms with E-state index in [4.69, 9.17) is 10.5 Å². The van der Waals surface area contributed by atoms with Crippen molar-refractivity contribution in [3.05, 3.63) is 65.2 Å². The maximum Gasteiger partial charge on any atom is 0.262 e. The number of nitrogens with one attached hydrogen (secondary N) is 1. The van der Waals surface area contributed by atoms with Gasteiger partial charge in [-0.1, -0.05) is 29.8 Å². The number of nitrogen functional groups attached to an aromatic ring is 1. The minimum Gasteiger partial charge on any atom is -0.497 e. The Labute approximate surface area is 189 Å². The van der Waals surface area contributed by atoms with Gasteiger partial charge in [0.15, 0.2) is 5.65 Å². The normalized spacial score (nSPS) is 10.7. The molecular formula is C23H20N6O2S. The van der Waals surface area contributed by atoms with Crippen molar-refractivity contribution in [3.63, 3.8) is 0 Å². The van der Waals surface area contributed by atoms with Gasteiger partial charge in [0.1, 0.15) is 33.8 Å². The Morgan fingerprint density at radius 2 is 1.88 bits per heavy atom. The van der Waals surface area contributed by atoms with Crippen LogP contribution in [0.15, 0.2) is 53.6 Å². The van der Waals surface area contributed by atoms with Crippen LogP contribution in [0, 0.1) is 18.3 Å². The second kappa shape index (κ2) is 8.61. The Morgan fingerprint density at radius 1 is 1.19 bits per heavy atom. The van der Waals surface area contributed by atoms with Gasteiger partial charge in [0, 0.05) is 11.3 Å². The summed E-state index contributed by atoms with van der Waals surface area (Å²) in [4.78, 5) is 17.9. The van der Waals surface area contributed by atoms with Crippen molar-refractivity contribution < 1.29 is 9.53 Å². The van der Waals surface area contributed by atoms with E-state index in [0.717, 1.165) is 11.1 Å². The summed E-state index contributed by atoms with van der Waals surface area (Å²) in [5.74, 6) is 0.442. The second-order valence-electron chi connectivity index (χ2n) is 7.00. The summed E-state index contributed by atoms with van der Waals surface area (Å²) in [6.07, 6.45) is 1.81. The predicted octanol–water partition coefficient (Wildman–Crippen LogP) is 4.14. The van der Waals surface area contributed by atoms with Crippen LogP contribution in [0.4, 0.5) is 11.5 Å². The molecular weight excluding hydrogens is 424 g/mol. The fourth-order valence-corrected chi connectivity index (χ4v) is 3.84. The summed E-state index contributed by atoms with van der Waals surface area (Å²) in [6, 6.07) is 16.7. The number of benzene rings is 2. The van der Waals surface area contributed by atoms with E-state index in [1.165, 1.54) is 16.3 Å². The van der Waals surface area contributed by atoms with E-state index in [2.05, 4.69) is 21.5 Å². The molecule has 0 aliphatic carbocycles. The summed E-state index contributed by atoms with van der Waals surface area (Å²) >= 11 is 1.30. The molecule has 2 aromatic carbocycles. The quantitative estimate of drug-likeness (QED) is 0.444. The highest BCUT2D eigenvalue weighted by molar-refractivity contribution is 7.98. The standard InChI is InChI=1S/C23H20N6O2S/c1-13-4-6-14(7-5-13)19-17(12-24)20(25)29-21(27-19)18(23(28-29)32-3)22(30)26-15-8-10-16(31-2)11-9-15/h4-11H,25H2,1-3H3,(H,26,30). The van der Waals surface area contributed by atoms with Crippen LogP contribution in [0.3, 0.4) is 0 Å². The zero-order chi connectivity index (χ0) is 22.8. The Kier molecular flexibility index (Phi) is 5.71.